The fraction of sp³-hybridized carbons (Fsp3) is 0.867. The van der Waals surface area contributed by atoms with Crippen LogP contribution in [0.1, 0.15) is 27.2 Å². The lowest BCUT2D eigenvalue weighted by Gasteiger charge is -2.40. The van der Waals surface area contributed by atoms with Gasteiger partial charge in [0.15, 0.2) is 8.32 Å². The molecule has 0 aliphatic carbocycles. The highest BCUT2D eigenvalue weighted by Crippen LogP contribution is 2.46. The quantitative estimate of drug-likeness (QED) is 0.532. The van der Waals surface area contributed by atoms with Crippen molar-refractivity contribution in [3.8, 4) is 0 Å². The van der Waals surface area contributed by atoms with Crippen molar-refractivity contribution in [2.45, 2.75) is 70.4 Å². The zero-order chi connectivity index (χ0) is 20.6. The van der Waals surface area contributed by atoms with Crippen LogP contribution in [0.2, 0.25) is 19.6 Å². The molecule has 26 heavy (non-hydrogen) atoms. The molecule has 0 aromatic rings. The van der Waals surface area contributed by atoms with Crippen LogP contribution < -0.4 is 0 Å². The summed E-state index contributed by atoms with van der Waals surface area (Å²) in [7, 11) is -1.75. The highest BCUT2D eigenvalue weighted by atomic mass is 28.4. The topological polar surface area (TPSA) is 74.3 Å². The number of alkyl halides is 3. The van der Waals surface area contributed by atoms with Crippen molar-refractivity contribution < 1.29 is 41.4 Å². The van der Waals surface area contributed by atoms with Crippen LogP contribution in [-0.4, -0.2) is 62.7 Å². The number of hydrogen-bond acceptors (Lipinski definition) is 6. The number of hydrogen-bond donors (Lipinski definition) is 0. The summed E-state index contributed by atoms with van der Waals surface area (Å²) in [5, 5.41) is 0. The molecule has 1 aliphatic heterocycles. The Balaban J connectivity index is 3.35. The zero-order valence-electron chi connectivity index (χ0n) is 16.0. The van der Waals surface area contributed by atoms with Crippen LogP contribution in [0.4, 0.5) is 18.0 Å². The Kier molecular flexibility index (Phi) is 6.42. The first-order chi connectivity index (χ1) is 11.5. The van der Waals surface area contributed by atoms with E-state index in [0.717, 1.165) is 12.0 Å². The maximum absolute atomic E-state index is 14.0. The van der Waals surface area contributed by atoms with E-state index in [1.807, 2.05) is 0 Å². The van der Waals surface area contributed by atoms with Crippen molar-refractivity contribution in [3.05, 3.63) is 0 Å². The number of methoxy groups -OCH3 is 1. The van der Waals surface area contributed by atoms with Gasteiger partial charge in [-0.1, -0.05) is 0 Å². The van der Waals surface area contributed by atoms with E-state index in [2.05, 4.69) is 4.74 Å². The average Bonchev–Trinajstić information content (AvgIpc) is 2.74. The van der Waals surface area contributed by atoms with Crippen LogP contribution in [-0.2, 0) is 23.4 Å². The van der Waals surface area contributed by atoms with E-state index < -0.39 is 57.1 Å². The van der Waals surface area contributed by atoms with Gasteiger partial charge < -0.3 is 18.6 Å². The van der Waals surface area contributed by atoms with Crippen LogP contribution in [0, 0.1) is 0 Å². The summed E-state index contributed by atoms with van der Waals surface area (Å²) in [4.78, 5) is 24.8. The molecule has 0 saturated carbocycles. The normalized spacial score (nSPS) is 24.5. The van der Waals surface area contributed by atoms with Gasteiger partial charge in [0, 0.05) is 0 Å². The molecule has 1 heterocycles. The minimum atomic E-state index is -4.98. The third-order valence-corrected chi connectivity index (χ3v) is 4.22. The summed E-state index contributed by atoms with van der Waals surface area (Å²) >= 11 is 0. The van der Waals surface area contributed by atoms with Gasteiger partial charge in [-0.15, -0.1) is 0 Å². The maximum atomic E-state index is 14.0. The molecule has 1 saturated heterocycles. The Morgan fingerprint density at radius 2 is 1.77 bits per heavy atom. The summed E-state index contributed by atoms with van der Waals surface area (Å²) in [6.45, 7) is 8.66. The van der Waals surface area contributed by atoms with Crippen molar-refractivity contribution in [1.82, 2.24) is 4.90 Å². The second kappa shape index (κ2) is 7.35. The summed E-state index contributed by atoms with van der Waals surface area (Å²) in [5.41, 5.74) is -0.935. The fourth-order valence-corrected chi connectivity index (χ4v) is 3.64. The van der Waals surface area contributed by atoms with Gasteiger partial charge in [0.05, 0.1) is 13.5 Å². The first-order valence-corrected chi connectivity index (χ1v) is 11.4. The molecule has 1 amide bonds. The van der Waals surface area contributed by atoms with Crippen LogP contribution in [0.5, 0.6) is 0 Å². The lowest BCUT2D eigenvalue weighted by Crippen LogP contribution is -2.62. The predicted molar refractivity (Wildman–Crippen MR) is 87.7 cm³/mol. The Hall–Kier alpha value is -1.33. The second-order valence-electron chi connectivity index (χ2n) is 7.90. The largest absolute Gasteiger partial charge is 0.469 e. The molecule has 0 radical (unpaired) electrons. The predicted octanol–water partition coefficient (Wildman–Crippen LogP) is 3.25. The lowest BCUT2D eigenvalue weighted by molar-refractivity contribution is -0.345. The standard InChI is InChI=1S/C15H26F3NO6Si/c1-13(2,3)24-12(21)19-9-23-14(15(16,17)18,25-26(5,6)7)10(19)8-11(20)22-4/h10H,8-9H2,1-7H3/t10-,14-/m0/s1. The molecule has 0 unspecified atom stereocenters. The van der Waals surface area contributed by atoms with Gasteiger partial charge in [-0.05, 0) is 40.4 Å². The highest BCUT2D eigenvalue weighted by molar-refractivity contribution is 6.69. The highest BCUT2D eigenvalue weighted by Gasteiger charge is 2.69. The van der Waals surface area contributed by atoms with Gasteiger partial charge in [-0.3, -0.25) is 9.69 Å². The molecule has 11 heteroatoms. The third kappa shape index (κ3) is 5.33. The molecule has 2 atom stereocenters. The number of ether oxygens (including phenoxy) is 3. The molecule has 0 spiro atoms. The SMILES string of the molecule is COC(=O)C[C@@H]1N(C(=O)OC(C)(C)C)CO[C@@]1(O[Si](C)(C)C)C(F)(F)F. The van der Waals surface area contributed by atoms with Gasteiger partial charge in [0.25, 0.3) is 5.79 Å². The van der Waals surface area contributed by atoms with Gasteiger partial charge in [0.2, 0.25) is 0 Å². The summed E-state index contributed by atoms with van der Waals surface area (Å²) in [6, 6.07) is -1.77. The monoisotopic (exact) mass is 401 g/mol. The Morgan fingerprint density at radius 3 is 2.15 bits per heavy atom. The van der Waals surface area contributed by atoms with Gasteiger partial charge >= 0.3 is 18.2 Å². The average molecular weight is 401 g/mol. The van der Waals surface area contributed by atoms with Crippen LogP contribution in [0.3, 0.4) is 0 Å². The number of esters is 1. The number of carbonyl (C=O) groups is 2. The van der Waals surface area contributed by atoms with Crippen molar-refractivity contribution in [2.24, 2.45) is 0 Å². The molecule has 152 valence electrons. The van der Waals surface area contributed by atoms with E-state index in [0.29, 0.717) is 0 Å². The van der Waals surface area contributed by atoms with Crippen LogP contribution in [0.25, 0.3) is 0 Å². The number of amides is 1. The molecular formula is C15H26F3NO6Si. The van der Waals surface area contributed by atoms with Crippen molar-refractivity contribution in [2.75, 3.05) is 13.8 Å². The van der Waals surface area contributed by atoms with Gasteiger partial charge in [-0.25, -0.2) is 4.79 Å². The number of rotatable bonds is 4. The Morgan fingerprint density at radius 1 is 1.23 bits per heavy atom. The number of halogens is 3. The molecule has 1 aliphatic rings. The number of nitrogens with zero attached hydrogens (tertiary/aromatic N) is 1. The second-order valence-corrected chi connectivity index (χ2v) is 12.3. The minimum Gasteiger partial charge on any atom is -0.469 e. The Labute approximate surface area is 151 Å². The van der Waals surface area contributed by atoms with Crippen molar-refractivity contribution >= 4 is 20.4 Å². The van der Waals surface area contributed by atoms with E-state index in [4.69, 9.17) is 13.9 Å². The summed E-state index contributed by atoms with van der Waals surface area (Å²) < 4.78 is 61.9. The zero-order valence-corrected chi connectivity index (χ0v) is 17.0. The molecular weight excluding hydrogens is 375 g/mol. The summed E-state index contributed by atoms with van der Waals surface area (Å²) in [6.07, 6.45) is -6.76. The van der Waals surface area contributed by atoms with Gasteiger partial charge in [-0.2, -0.15) is 13.2 Å². The van der Waals surface area contributed by atoms with Crippen molar-refractivity contribution in [3.63, 3.8) is 0 Å². The molecule has 1 fully saturated rings. The smallest absolute Gasteiger partial charge is 0.444 e. The Bertz CT molecular complexity index is 543. The van der Waals surface area contributed by atoms with E-state index >= 15 is 0 Å². The molecule has 0 N–H and O–H groups in total. The first-order valence-electron chi connectivity index (χ1n) is 8.00. The first kappa shape index (κ1) is 22.7. The van der Waals surface area contributed by atoms with E-state index in [1.165, 1.54) is 0 Å². The van der Waals surface area contributed by atoms with E-state index in [9.17, 15) is 22.8 Å². The van der Waals surface area contributed by atoms with Crippen LogP contribution >= 0.6 is 0 Å². The molecule has 0 aromatic heterocycles. The minimum absolute atomic E-state index is 0.718. The molecule has 0 bridgehead atoms. The van der Waals surface area contributed by atoms with E-state index in [1.54, 1.807) is 40.4 Å². The molecule has 7 nitrogen and oxygen atoms in total. The lowest BCUT2D eigenvalue weighted by atomic mass is 10.0. The molecule has 0 aromatic carbocycles. The number of carbonyl (C=O) groups excluding carboxylic acids is 2. The fourth-order valence-electron chi connectivity index (χ4n) is 2.42. The third-order valence-electron chi connectivity index (χ3n) is 3.30. The van der Waals surface area contributed by atoms with Gasteiger partial charge in [0.1, 0.15) is 18.4 Å². The maximum Gasteiger partial charge on any atom is 0.444 e. The van der Waals surface area contributed by atoms with Crippen LogP contribution in [0.15, 0.2) is 0 Å². The van der Waals surface area contributed by atoms with Crippen molar-refractivity contribution in [1.29, 1.82) is 0 Å². The summed E-state index contributed by atoms with van der Waals surface area (Å²) in [5.74, 6) is -4.05. The molecule has 1 rings (SSSR count). The van der Waals surface area contributed by atoms with E-state index in [-0.39, 0.29) is 0 Å².